The number of rotatable bonds is 5. The summed E-state index contributed by atoms with van der Waals surface area (Å²) in [5, 5.41) is 0. The van der Waals surface area contributed by atoms with E-state index in [0.717, 1.165) is 44.6 Å². The Hall–Kier alpha value is -0.0600. The molecule has 2 saturated heterocycles. The Morgan fingerprint density at radius 2 is 2.35 bits per heavy atom. The van der Waals surface area contributed by atoms with Gasteiger partial charge in [0.1, 0.15) is 5.78 Å². The van der Waals surface area contributed by atoms with Crippen LogP contribution in [0, 0.1) is 5.92 Å². The van der Waals surface area contributed by atoms with Crippen molar-refractivity contribution < 1.29 is 14.3 Å². The van der Waals surface area contributed by atoms with Crippen LogP contribution in [0.2, 0.25) is 0 Å². The van der Waals surface area contributed by atoms with Crippen LogP contribution in [0.25, 0.3) is 0 Å². The zero-order valence-electron chi connectivity index (χ0n) is 10.6. The molecule has 0 aromatic carbocycles. The normalized spacial score (nSPS) is 33.1. The molecular formula is C13H22O3S. The van der Waals surface area contributed by atoms with Crippen LogP contribution in [0.15, 0.2) is 0 Å². The Morgan fingerprint density at radius 3 is 3.06 bits per heavy atom. The molecule has 2 heterocycles. The van der Waals surface area contributed by atoms with Crippen LogP contribution in [0.3, 0.4) is 0 Å². The summed E-state index contributed by atoms with van der Waals surface area (Å²) in [5.41, 5.74) is -0.131. The molecule has 2 fully saturated rings. The van der Waals surface area contributed by atoms with Gasteiger partial charge in [0.2, 0.25) is 0 Å². The molecule has 3 nitrogen and oxygen atoms in total. The van der Waals surface area contributed by atoms with Crippen LogP contribution in [-0.4, -0.2) is 42.7 Å². The maximum atomic E-state index is 12.1. The molecule has 0 radical (unpaired) electrons. The molecule has 0 N–H and O–H groups in total. The van der Waals surface area contributed by atoms with Gasteiger partial charge in [-0.05, 0) is 25.0 Å². The Kier molecular flexibility index (Phi) is 4.88. The molecule has 0 bridgehead atoms. The molecule has 4 heteroatoms. The number of hydrogen-bond acceptors (Lipinski definition) is 4. The van der Waals surface area contributed by atoms with Crippen LogP contribution < -0.4 is 0 Å². The summed E-state index contributed by atoms with van der Waals surface area (Å²) in [5.74, 6) is 2.38. The van der Waals surface area contributed by atoms with Gasteiger partial charge in [-0.3, -0.25) is 4.79 Å². The molecule has 2 aliphatic rings. The third-order valence-electron chi connectivity index (χ3n) is 3.61. The van der Waals surface area contributed by atoms with Crippen molar-refractivity contribution in [3.8, 4) is 0 Å². The molecule has 1 spiro atoms. The fourth-order valence-corrected chi connectivity index (χ4v) is 3.47. The number of hydrogen-bond donors (Lipinski definition) is 0. The van der Waals surface area contributed by atoms with E-state index in [4.69, 9.17) is 9.47 Å². The monoisotopic (exact) mass is 258 g/mol. The first kappa shape index (κ1) is 13.4. The van der Waals surface area contributed by atoms with Crippen LogP contribution in [0.5, 0.6) is 0 Å². The lowest BCUT2D eigenvalue weighted by Crippen LogP contribution is -2.42. The summed E-state index contributed by atoms with van der Waals surface area (Å²) in [4.78, 5) is 12.1. The highest BCUT2D eigenvalue weighted by atomic mass is 32.2. The first-order valence-corrected chi connectivity index (χ1v) is 7.73. The van der Waals surface area contributed by atoms with E-state index in [1.807, 2.05) is 0 Å². The van der Waals surface area contributed by atoms with Crippen molar-refractivity contribution in [3.63, 3.8) is 0 Å². The average Bonchev–Trinajstić information content (AvgIpc) is 2.77. The van der Waals surface area contributed by atoms with E-state index < -0.39 is 0 Å². The molecule has 0 amide bonds. The van der Waals surface area contributed by atoms with E-state index in [1.165, 1.54) is 0 Å². The van der Waals surface area contributed by atoms with E-state index in [1.54, 1.807) is 11.8 Å². The number of ketones is 1. The fourth-order valence-electron chi connectivity index (χ4n) is 2.60. The minimum atomic E-state index is -0.131. The number of ether oxygens (including phenoxy) is 2. The SMILES string of the molecule is CCCSCC(=O)C1CCOC2(CCOC2)C1. The molecule has 2 aliphatic heterocycles. The van der Waals surface area contributed by atoms with Gasteiger partial charge in [-0.15, -0.1) is 0 Å². The van der Waals surface area contributed by atoms with Crippen LogP contribution in [-0.2, 0) is 14.3 Å². The summed E-state index contributed by atoms with van der Waals surface area (Å²) < 4.78 is 11.3. The highest BCUT2D eigenvalue weighted by Crippen LogP contribution is 2.36. The van der Waals surface area contributed by atoms with Crippen molar-refractivity contribution in [2.75, 3.05) is 31.3 Å². The number of carbonyl (C=O) groups excluding carboxylic acids is 1. The van der Waals surface area contributed by atoms with E-state index in [0.29, 0.717) is 18.1 Å². The van der Waals surface area contributed by atoms with E-state index >= 15 is 0 Å². The first-order valence-electron chi connectivity index (χ1n) is 6.58. The lowest BCUT2D eigenvalue weighted by Gasteiger charge is -2.36. The lowest BCUT2D eigenvalue weighted by atomic mass is 9.83. The van der Waals surface area contributed by atoms with Crippen molar-refractivity contribution >= 4 is 17.5 Å². The average molecular weight is 258 g/mol. The Morgan fingerprint density at radius 1 is 1.47 bits per heavy atom. The van der Waals surface area contributed by atoms with Gasteiger partial charge in [0, 0.05) is 25.6 Å². The fraction of sp³-hybridized carbons (Fsp3) is 0.923. The zero-order valence-corrected chi connectivity index (χ0v) is 11.4. The Labute approximate surface area is 108 Å². The quantitative estimate of drug-likeness (QED) is 0.709. The standard InChI is InChI=1S/C13H22O3S/c1-2-7-17-9-12(14)11-3-5-16-13(8-11)4-6-15-10-13/h11H,2-10H2,1H3. The predicted octanol–water partition coefficient (Wildman–Crippen LogP) is 2.28. The van der Waals surface area contributed by atoms with Crippen LogP contribution in [0.4, 0.5) is 0 Å². The topological polar surface area (TPSA) is 35.5 Å². The van der Waals surface area contributed by atoms with Crippen molar-refractivity contribution in [2.45, 2.75) is 38.2 Å². The van der Waals surface area contributed by atoms with Crippen molar-refractivity contribution in [3.05, 3.63) is 0 Å². The van der Waals surface area contributed by atoms with Gasteiger partial charge in [0.15, 0.2) is 0 Å². The Bertz CT molecular complexity index is 261. The third-order valence-corrected chi connectivity index (χ3v) is 4.79. The van der Waals surface area contributed by atoms with Gasteiger partial charge in [0.25, 0.3) is 0 Å². The summed E-state index contributed by atoms with van der Waals surface area (Å²) in [6.45, 7) is 4.33. The summed E-state index contributed by atoms with van der Waals surface area (Å²) in [6, 6.07) is 0. The molecule has 0 aromatic rings. The van der Waals surface area contributed by atoms with Crippen molar-refractivity contribution in [1.29, 1.82) is 0 Å². The van der Waals surface area contributed by atoms with Gasteiger partial charge in [-0.2, -0.15) is 11.8 Å². The van der Waals surface area contributed by atoms with Gasteiger partial charge in [-0.1, -0.05) is 6.92 Å². The first-order chi connectivity index (χ1) is 8.26. The highest BCUT2D eigenvalue weighted by Gasteiger charge is 2.42. The minimum Gasteiger partial charge on any atom is -0.378 e. The Balaban J connectivity index is 1.82. The van der Waals surface area contributed by atoms with E-state index in [-0.39, 0.29) is 11.5 Å². The second-order valence-electron chi connectivity index (χ2n) is 5.04. The molecule has 0 aromatic heterocycles. The second-order valence-corrected chi connectivity index (χ2v) is 6.15. The number of thioether (sulfide) groups is 1. The molecule has 2 unspecified atom stereocenters. The van der Waals surface area contributed by atoms with Crippen LogP contribution in [0.1, 0.15) is 32.6 Å². The third kappa shape index (κ3) is 3.46. The van der Waals surface area contributed by atoms with Gasteiger partial charge < -0.3 is 9.47 Å². The maximum Gasteiger partial charge on any atom is 0.146 e. The number of carbonyl (C=O) groups is 1. The van der Waals surface area contributed by atoms with Gasteiger partial charge in [0.05, 0.1) is 18.0 Å². The summed E-state index contributed by atoms with van der Waals surface area (Å²) in [7, 11) is 0. The lowest BCUT2D eigenvalue weighted by molar-refractivity contribution is -0.134. The molecule has 17 heavy (non-hydrogen) atoms. The van der Waals surface area contributed by atoms with Crippen molar-refractivity contribution in [2.24, 2.45) is 5.92 Å². The molecule has 98 valence electrons. The summed E-state index contributed by atoms with van der Waals surface area (Å²) >= 11 is 1.76. The molecular weight excluding hydrogens is 236 g/mol. The minimum absolute atomic E-state index is 0.131. The van der Waals surface area contributed by atoms with E-state index in [9.17, 15) is 4.79 Å². The summed E-state index contributed by atoms with van der Waals surface area (Å²) in [6.07, 6.45) is 3.87. The smallest absolute Gasteiger partial charge is 0.146 e. The van der Waals surface area contributed by atoms with Crippen molar-refractivity contribution in [1.82, 2.24) is 0 Å². The maximum absolute atomic E-state index is 12.1. The van der Waals surface area contributed by atoms with Gasteiger partial charge in [-0.25, -0.2) is 0 Å². The second kappa shape index (κ2) is 6.21. The largest absolute Gasteiger partial charge is 0.378 e. The molecule has 2 rings (SSSR count). The number of Topliss-reactive ketones (excluding diaryl/α,β-unsaturated/α-hetero) is 1. The zero-order chi connectivity index (χ0) is 12.1. The molecule has 2 atom stereocenters. The van der Waals surface area contributed by atoms with Gasteiger partial charge >= 0.3 is 0 Å². The predicted molar refractivity (Wildman–Crippen MR) is 69.5 cm³/mol. The highest BCUT2D eigenvalue weighted by molar-refractivity contribution is 7.99. The van der Waals surface area contributed by atoms with Crippen LogP contribution >= 0.6 is 11.8 Å². The molecule has 0 aliphatic carbocycles. The van der Waals surface area contributed by atoms with E-state index in [2.05, 4.69) is 6.92 Å². The molecule has 0 saturated carbocycles.